The van der Waals surface area contributed by atoms with Gasteiger partial charge in [0.2, 0.25) is 0 Å². The van der Waals surface area contributed by atoms with Gasteiger partial charge in [-0.25, -0.2) is 4.39 Å². The number of H-pyrrole nitrogens is 1. The van der Waals surface area contributed by atoms with Crippen LogP contribution in [0, 0.1) is 5.82 Å². The molecule has 0 aliphatic carbocycles. The van der Waals surface area contributed by atoms with Crippen molar-refractivity contribution in [3.8, 4) is 11.3 Å². The molecule has 122 valence electrons. The number of rotatable bonds is 4. The molecule has 0 aliphatic rings. The van der Waals surface area contributed by atoms with E-state index in [1.165, 1.54) is 12.1 Å². The molecule has 2 heterocycles. The maximum Gasteiger partial charge on any atom is 0.272 e. The standard InChI is InChI=1S/C18H17FN4O/c1-12(15-5-3-4-10-20-15)23(2)18(24)17-11-16(21-22-17)13-6-8-14(19)9-7-13/h3-12H,1-2H3,(H,21,22). The van der Waals surface area contributed by atoms with Crippen molar-refractivity contribution in [1.82, 2.24) is 20.1 Å². The van der Waals surface area contributed by atoms with Crippen LogP contribution in [0.2, 0.25) is 0 Å². The smallest absolute Gasteiger partial charge is 0.272 e. The lowest BCUT2D eigenvalue weighted by molar-refractivity contribution is 0.0734. The van der Waals surface area contributed by atoms with Crippen LogP contribution in [-0.4, -0.2) is 33.0 Å². The number of amides is 1. The Bertz CT molecular complexity index is 830. The molecule has 0 saturated carbocycles. The number of pyridine rings is 1. The summed E-state index contributed by atoms with van der Waals surface area (Å²) in [6.07, 6.45) is 1.70. The minimum Gasteiger partial charge on any atom is -0.332 e. The fraction of sp³-hybridized carbons (Fsp3) is 0.167. The van der Waals surface area contributed by atoms with Crippen molar-refractivity contribution >= 4 is 5.91 Å². The fourth-order valence-electron chi connectivity index (χ4n) is 2.39. The maximum atomic E-state index is 13.0. The van der Waals surface area contributed by atoms with Gasteiger partial charge in [0.1, 0.15) is 11.5 Å². The van der Waals surface area contributed by atoms with Crippen molar-refractivity contribution < 1.29 is 9.18 Å². The van der Waals surface area contributed by atoms with Gasteiger partial charge in [0.05, 0.1) is 17.4 Å². The highest BCUT2D eigenvalue weighted by Crippen LogP contribution is 2.21. The lowest BCUT2D eigenvalue weighted by atomic mass is 10.1. The summed E-state index contributed by atoms with van der Waals surface area (Å²) in [6.45, 7) is 1.91. The Labute approximate surface area is 139 Å². The van der Waals surface area contributed by atoms with Crippen LogP contribution >= 0.6 is 0 Å². The highest BCUT2D eigenvalue weighted by Gasteiger charge is 2.21. The molecule has 6 heteroatoms. The average Bonchev–Trinajstić information content (AvgIpc) is 3.11. The molecule has 2 aromatic heterocycles. The summed E-state index contributed by atoms with van der Waals surface area (Å²) in [5.74, 6) is -0.497. The molecule has 1 unspecified atom stereocenters. The van der Waals surface area contributed by atoms with E-state index in [1.54, 1.807) is 36.3 Å². The molecule has 1 N–H and O–H groups in total. The molecule has 1 aromatic carbocycles. The number of aromatic amines is 1. The van der Waals surface area contributed by atoms with Crippen LogP contribution in [0.5, 0.6) is 0 Å². The third-order valence-electron chi connectivity index (χ3n) is 3.97. The number of benzene rings is 1. The Morgan fingerprint density at radius 1 is 1.21 bits per heavy atom. The summed E-state index contributed by atoms with van der Waals surface area (Å²) in [7, 11) is 1.72. The van der Waals surface area contributed by atoms with Gasteiger partial charge < -0.3 is 4.90 Å². The van der Waals surface area contributed by atoms with Crippen LogP contribution in [0.15, 0.2) is 54.7 Å². The molecular weight excluding hydrogens is 307 g/mol. The average molecular weight is 324 g/mol. The van der Waals surface area contributed by atoms with Gasteiger partial charge >= 0.3 is 0 Å². The Hall–Kier alpha value is -3.02. The van der Waals surface area contributed by atoms with E-state index in [0.29, 0.717) is 11.4 Å². The molecule has 0 saturated heterocycles. The second-order valence-electron chi connectivity index (χ2n) is 5.52. The molecule has 1 amide bonds. The number of carbonyl (C=O) groups is 1. The molecular formula is C18H17FN4O. The number of hydrogen-bond acceptors (Lipinski definition) is 3. The molecule has 0 spiro atoms. The predicted molar refractivity (Wildman–Crippen MR) is 88.7 cm³/mol. The van der Waals surface area contributed by atoms with Gasteiger partial charge in [-0.15, -0.1) is 0 Å². The molecule has 0 fully saturated rings. The van der Waals surface area contributed by atoms with Crippen LogP contribution in [0.3, 0.4) is 0 Å². The van der Waals surface area contributed by atoms with Crippen molar-refractivity contribution in [2.24, 2.45) is 0 Å². The first-order valence-corrected chi connectivity index (χ1v) is 7.55. The van der Waals surface area contributed by atoms with E-state index >= 15 is 0 Å². The topological polar surface area (TPSA) is 61.9 Å². The minimum absolute atomic E-state index is 0.170. The lowest BCUT2D eigenvalue weighted by Gasteiger charge is -2.23. The van der Waals surface area contributed by atoms with Gasteiger partial charge in [0.15, 0.2) is 0 Å². The monoisotopic (exact) mass is 324 g/mol. The number of carbonyl (C=O) groups excluding carboxylic acids is 1. The first kappa shape index (κ1) is 15.9. The predicted octanol–water partition coefficient (Wildman–Crippen LogP) is 3.44. The number of nitrogens with zero attached hydrogens (tertiary/aromatic N) is 3. The van der Waals surface area contributed by atoms with E-state index in [4.69, 9.17) is 0 Å². The molecule has 3 rings (SSSR count). The first-order chi connectivity index (χ1) is 11.6. The fourth-order valence-corrected chi connectivity index (χ4v) is 2.39. The molecule has 3 aromatic rings. The third kappa shape index (κ3) is 3.17. The molecule has 24 heavy (non-hydrogen) atoms. The highest BCUT2D eigenvalue weighted by atomic mass is 19.1. The summed E-state index contributed by atoms with van der Waals surface area (Å²) in [5, 5.41) is 6.89. The van der Waals surface area contributed by atoms with E-state index in [2.05, 4.69) is 15.2 Å². The zero-order chi connectivity index (χ0) is 17.1. The van der Waals surface area contributed by atoms with Crippen LogP contribution in [0.1, 0.15) is 29.1 Å². The number of hydrogen-bond donors (Lipinski definition) is 1. The summed E-state index contributed by atoms with van der Waals surface area (Å²) >= 11 is 0. The molecule has 0 radical (unpaired) electrons. The van der Waals surface area contributed by atoms with Crippen LogP contribution in [0.4, 0.5) is 4.39 Å². The lowest BCUT2D eigenvalue weighted by Crippen LogP contribution is -2.30. The molecule has 0 bridgehead atoms. The number of nitrogens with one attached hydrogen (secondary N) is 1. The zero-order valence-corrected chi connectivity index (χ0v) is 13.4. The Balaban J connectivity index is 1.79. The van der Waals surface area contributed by atoms with E-state index in [9.17, 15) is 9.18 Å². The Morgan fingerprint density at radius 2 is 1.96 bits per heavy atom. The van der Waals surface area contributed by atoms with Gasteiger partial charge in [-0.3, -0.25) is 14.9 Å². The largest absolute Gasteiger partial charge is 0.332 e. The van der Waals surface area contributed by atoms with Gasteiger partial charge in [-0.2, -0.15) is 5.10 Å². The van der Waals surface area contributed by atoms with E-state index < -0.39 is 0 Å². The second kappa shape index (κ2) is 6.62. The second-order valence-corrected chi connectivity index (χ2v) is 5.52. The van der Waals surface area contributed by atoms with Crippen molar-refractivity contribution in [3.63, 3.8) is 0 Å². The van der Waals surface area contributed by atoms with Crippen LogP contribution in [0.25, 0.3) is 11.3 Å². The zero-order valence-electron chi connectivity index (χ0n) is 13.4. The first-order valence-electron chi connectivity index (χ1n) is 7.55. The SMILES string of the molecule is CC(c1ccccn1)N(C)C(=O)c1cc(-c2ccc(F)cc2)n[nH]1. The summed E-state index contributed by atoms with van der Waals surface area (Å²) in [6, 6.07) is 13.1. The van der Waals surface area contributed by atoms with Crippen molar-refractivity contribution in [2.75, 3.05) is 7.05 Å². The number of halogens is 1. The Kier molecular flexibility index (Phi) is 4.37. The summed E-state index contributed by atoms with van der Waals surface area (Å²) < 4.78 is 13.0. The third-order valence-corrected chi connectivity index (χ3v) is 3.97. The highest BCUT2D eigenvalue weighted by molar-refractivity contribution is 5.93. The van der Waals surface area contributed by atoms with Crippen LogP contribution < -0.4 is 0 Å². The van der Waals surface area contributed by atoms with E-state index in [-0.39, 0.29) is 17.8 Å². The van der Waals surface area contributed by atoms with Crippen molar-refractivity contribution in [1.29, 1.82) is 0 Å². The Morgan fingerprint density at radius 3 is 2.62 bits per heavy atom. The quantitative estimate of drug-likeness (QED) is 0.799. The van der Waals surface area contributed by atoms with Gasteiger partial charge in [0.25, 0.3) is 5.91 Å². The van der Waals surface area contributed by atoms with Crippen molar-refractivity contribution in [2.45, 2.75) is 13.0 Å². The molecule has 0 aliphatic heterocycles. The maximum absolute atomic E-state index is 13.0. The van der Waals surface area contributed by atoms with Gasteiger partial charge in [-0.05, 0) is 49.4 Å². The normalized spacial score (nSPS) is 12.0. The molecule has 5 nitrogen and oxygen atoms in total. The summed E-state index contributed by atoms with van der Waals surface area (Å²) in [5.41, 5.74) is 2.52. The minimum atomic E-state index is -0.311. The van der Waals surface area contributed by atoms with Crippen molar-refractivity contribution in [3.05, 3.63) is 71.9 Å². The van der Waals surface area contributed by atoms with Gasteiger partial charge in [-0.1, -0.05) is 6.07 Å². The van der Waals surface area contributed by atoms with Crippen LogP contribution in [-0.2, 0) is 0 Å². The molecule has 1 atom stereocenters. The van der Waals surface area contributed by atoms with E-state index in [0.717, 1.165) is 11.3 Å². The summed E-state index contributed by atoms with van der Waals surface area (Å²) in [4.78, 5) is 18.5. The van der Waals surface area contributed by atoms with Gasteiger partial charge in [0, 0.05) is 18.8 Å². The number of aromatic nitrogens is 3. The van der Waals surface area contributed by atoms with E-state index in [1.807, 2.05) is 25.1 Å².